The van der Waals surface area contributed by atoms with Crippen LogP contribution in [0, 0.1) is 0 Å². The highest BCUT2D eigenvalue weighted by atomic mass is 35.5. The maximum Gasteiger partial charge on any atom is 0.391 e. The molecule has 0 radical (unpaired) electrons. The molecule has 130 valence electrons. The highest BCUT2D eigenvalue weighted by Crippen LogP contribution is 2.45. The van der Waals surface area contributed by atoms with Gasteiger partial charge < -0.3 is 0 Å². The van der Waals surface area contributed by atoms with Crippen LogP contribution in [-0.2, 0) is 15.7 Å². The van der Waals surface area contributed by atoms with Gasteiger partial charge in [0.2, 0.25) is 0 Å². The Kier molecular flexibility index (Phi) is 5.57. The monoisotopic (exact) mass is 388 g/mol. The molecule has 4 nitrogen and oxygen atoms in total. The van der Waals surface area contributed by atoms with Gasteiger partial charge in [-0.1, -0.05) is 23.7 Å². The van der Waals surface area contributed by atoms with E-state index in [1.807, 2.05) is 0 Å². The summed E-state index contributed by atoms with van der Waals surface area (Å²) in [6, 6.07) is 5.85. The van der Waals surface area contributed by atoms with Crippen molar-refractivity contribution in [3.63, 3.8) is 0 Å². The molecule has 1 aliphatic heterocycles. The Hall–Kier alpha value is -0.480. The summed E-state index contributed by atoms with van der Waals surface area (Å²) < 4.78 is 67.4. The molecule has 1 aliphatic rings. The summed E-state index contributed by atoms with van der Waals surface area (Å²) in [7, 11) is -2.83. The van der Waals surface area contributed by atoms with E-state index < -0.39 is 28.3 Å². The molecule has 0 bridgehead atoms. The van der Waals surface area contributed by atoms with Crippen LogP contribution >= 0.6 is 23.4 Å². The summed E-state index contributed by atoms with van der Waals surface area (Å²) in [6.45, 7) is 0.00649. The van der Waals surface area contributed by atoms with E-state index in [1.165, 1.54) is 43.1 Å². The number of nitrogens with zero attached hydrogens (tertiary/aromatic N) is 1. The zero-order valence-corrected chi connectivity index (χ0v) is 14.6. The van der Waals surface area contributed by atoms with Crippen molar-refractivity contribution < 1.29 is 21.6 Å². The third-order valence-electron chi connectivity index (χ3n) is 3.68. The van der Waals surface area contributed by atoms with Gasteiger partial charge in [-0.05, 0) is 17.7 Å². The highest BCUT2D eigenvalue weighted by Gasteiger charge is 2.52. The average Bonchev–Trinajstić information content (AvgIpc) is 2.46. The van der Waals surface area contributed by atoms with Crippen molar-refractivity contribution in [1.29, 1.82) is 0 Å². The molecule has 10 heteroatoms. The van der Waals surface area contributed by atoms with Crippen LogP contribution < -0.4 is 4.72 Å². The Morgan fingerprint density at radius 2 is 1.96 bits per heavy atom. The average molecular weight is 389 g/mol. The Labute approximate surface area is 142 Å². The molecule has 23 heavy (non-hydrogen) atoms. The van der Waals surface area contributed by atoms with Crippen LogP contribution in [0.15, 0.2) is 24.3 Å². The Morgan fingerprint density at radius 1 is 1.35 bits per heavy atom. The van der Waals surface area contributed by atoms with Crippen LogP contribution in [0.2, 0.25) is 5.02 Å². The van der Waals surface area contributed by atoms with Gasteiger partial charge in [0, 0.05) is 30.1 Å². The lowest BCUT2D eigenvalue weighted by Gasteiger charge is -2.46. The summed E-state index contributed by atoms with van der Waals surface area (Å²) in [4.78, 5) is 0. The maximum atomic E-state index is 13.2. The van der Waals surface area contributed by atoms with Gasteiger partial charge in [0.25, 0.3) is 10.2 Å². The first-order valence-corrected chi connectivity index (χ1v) is 9.70. The van der Waals surface area contributed by atoms with Crippen LogP contribution in [0.5, 0.6) is 0 Å². The van der Waals surface area contributed by atoms with Gasteiger partial charge in [-0.15, -0.1) is 0 Å². The third-order valence-corrected chi connectivity index (χ3v) is 6.71. The molecule has 2 rings (SSSR count). The van der Waals surface area contributed by atoms with E-state index in [0.29, 0.717) is 10.8 Å². The minimum atomic E-state index is -4.51. The molecule has 0 saturated carbocycles. The fourth-order valence-corrected chi connectivity index (χ4v) is 5.48. The number of halogens is 4. The lowest BCUT2D eigenvalue weighted by Crippen LogP contribution is -2.58. The molecule has 1 fully saturated rings. The van der Waals surface area contributed by atoms with Crippen LogP contribution in [-0.4, -0.2) is 44.0 Å². The second-order valence-corrected chi connectivity index (χ2v) is 8.51. The van der Waals surface area contributed by atoms with E-state index in [2.05, 4.69) is 4.72 Å². The molecule has 1 atom stereocenters. The van der Waals surface area contributed by atoms with Gasteiger partial charge in [0.15, 0.2) is 0 Å². The second-order valence-electron chi connectivity index (χ2n) is 5.16. The molecule has 1 N–H and O–H groups in total. The van der Waals surface area contributed by atoms with E-state index in [4.69, 9.17) is 11.6 Å². The normalized spacial score (nSPS) is 23.9. The van der Waals surface area contributed by atoms with Crippen LogP contribution in [0.3, 0.4) is 0 Å². The van der Waals surface area contributed by atoms with E-state index >= 15 is 0 Å². The number of nitrogens with one attached hydrogen (secondary N) is 1. The van der Waals surface area contributed by atoms with E-state index in [0.717, 1.165) is 4.31 Å². The molecule has 1 aromatic rings. The smallest absolute Gasteiger partial charge is 0.205 e. The molecule has 1 unspecified atom stereocenters. The van der Waals surface area contributed by atoms with Gasteiger partial charge in [-0.3, -0.25) is 0 Å². The molecular formula is C13H16ClF3N2O2S2. The zero-order valence-electron chi connectivity index (χ0n) is 12.2. The second kappa shape index (κ2) is 6.79. The van der Waals surface area contributed by atoms with Crippen LogP contribution in [0.4, 0.5) is 13.2 Å². The first-order valence-electron chi connectivity index (χ1n) is 6.73. The highest BCUT2D eigenvalue weighted by molar-refractivity contribution is 7.99. The topological polar surface area (TPSA) is 49.4 Å². The third kappa shape index (κ3) is 4.14. The number of benzene rings is 1. The Balaban J connectivity index is 2.61. The van der Waals surface area contributed by atoms with Gasteiger partial charge in [0.1, 0.15) is 0 Å². The predicted molar refractivity (Wildman–Crippen MR) is 85.8 cm³/mol. The standard InChI is InChI=1S/C13H16ClF3N2O2S2/c1-18-23(20,21)19-6-7-22-9-12(19,8-13(15,16)17)10-2-4-11(14)5-3-10/h2-5,18H,6-9H2,1H3. The van der Waals surface area contributed by atoms with Crippen molar-refractivity contribution >= 4 is 33.6 Å². The summed E-state index contributed by atoms with van der Waals surface area (Å²) in [6.07, 6.45) is -5.77. The summed E-state index contributed by atoms with van der Waals surface area (Å²) in [5.74, 6) is 0.461. The summed E-state index contributed by atoms with van der Waals surface area (Å²) >= 11 is 7.12. The minimum absolute atomic E-state index is 0.00649. The zero-order chi connectivity index (χ0) is 17.3. The molecule has 1 heterocycles. The number of rotatable bonds is 4. The Morgan fingerprint density at radius 3 is 2.48 bits per heavy atom. The van der Waals surface area contributed by atoms with E-state index in [9.17, 15) is 21.6 Å². The lowest BCUT2D eigenvalue weighted by molar-refractivity contribution is -0.156. The van der Waals surface area contributed by atoms with Crippen molar-refractivity contribution in [3.05, 3.63) is 34.9 Å². The number of alkyl halides is 3. The van der Waals surface area contributed by atoms with Crippen molar-refractivity contribution in [3.8, 4) is 0 Å². The van der Waals surface area contributed by atoms with Crippen molar-refractivity contribution in [2.45, 2.75) is 18.1 Å². The quantitative estimate of drug-likeness (QED) is 0.862. The minimum Gasteiger partial charge on any atom is -0.205 e. The fraction of sp³-hybridized carbons (Fsp3) is 0.538. The molecule has 1 aromatic carbocycles. The molecule has 0 aliphatic carbocycles. The largest absolute Gasteiger partial charge is 0.391 e. The predicted octanol–water partition coefficient (Wildman–Crippen LogP) is 3.00. The summed E-state index contributed by atoms with van der Waals surface area (Å²) in [5.41, 5.74) is -1.40. The van der Waals surface area contributed by atoms with E-state index in [1.54, 1.807) is 0 Å². The number of hydrogen-bond donors (Lipinski definition) is 1. The van der Waals surface area contributed by atoms with Crippen LogP contribution in [0.1, 0.15) is 12.0 Å². The Bertz CT molecular complexity index is 652. The van der Waals surface area contributed by atoms with Crippen LogP contribution in [0.25, 0.3) is 0 Å². The first-order chi connectivity index (χ1) is 10.6. The van der Waals surface area contributed by atoms with Crippen molar-refractivity contribution in [1.82, 2.24) is 9.03 Å². The van der Waals surface area contributed by atoms with Crippen molar-refractivity contribution in [2.75, 3.05) is 25.1 Å². The van der Waals surface area contributed by atoms with Gasteiger partial charge in [0.05, 0.1) is 12.0 Å². The fourth-order valence-electron chi connectivity index (χ4n) is 2.70. The van der Waals surface area contributed by atoms with Gasteiger partial charge in [-0.25, -0.2) is 4.72 Å². The number of thioether (sulfide) groups is 1. The van der Waals surface area contributed by atoms with Crippen molar-refractivity contribution in [2.24, 2.45) is 0 Å². The molecule has 0 amide bonds. The molecular weight excluding hydrogens is 373 g/mol. The lowest BCUT2D eigenvalue weighted by atomic mass is 9.87. The molecule has 1 saturated heterocycles. The maximum absolute atomic E-state index is 13.2. The van der Waals surface area contributed by atoms with E-state index in [-0.39, 0.29) is 17.9 Å². The molecule has 0 aromatic heterocycles. The SMILES string of the molecule is CNS(=O)(=O)N1CCSCC1(CC(F)(F)F)c1ccc(Cl)cc1. The molecule has 0 spiro atoms. The summed E-state index contributed by atoms with van der Waals surface area (Å²) in [5, 5.41) is 0.377. The number of hydrogen-bond acceptors (Lipinski definition) is 3. The van der Waals surface area contributed by atoms with Gasteiger partial charge >= 0.3 is 6.18 Å². The van der Waals surface area contributed by atoms with Gasteiger partial charge in [-0.2, -0.15) is 37.7 Å². The first kappa shape index (κ1) is 18.9.